The van der Waals surface area contributed by atoms with Gasteiger partial charge in [0, 0.05) is 6.42 Å². The second-order valence-electron chi connectivity index (χ2n) is 7.94. The molecular weight excluding hydrogens is 397 g/mol. The molecule has 0 bridgehead atoms. The maximum absolute atomic E-state index is 13.3. The molecule has 4 rings (SSSR count). The van der Waals surface area contributed by atoms with E-state index in [1.54, 1.807) is 23.0 Å². The molecule has 1 aliphatic heterocycles. The fraction of sp³-hybridized carbons (Fsp3) is 0.333. The van der Waals surface area contributed by atoms with Gasteiger partial charge in [-0.15, -0.1) is 0 Å². The van der Waals surface area contributed by atoms with Crippen LogP contribution >= 0.6 is 0 Å². The van der Waals surface area contributed by atoms with Crippen molar-refractivity contribution in [1.29, 1.82) is 0 Å². The third-order valence-corrected chi connectivity index (χ3v) is 5.29. The molecule has 1 unspecified atom stereocenters. The molecule has 0 aliphatic carbocycles. The first-order valence-corrected chi connectivity index (χ1v) is 10.5. The summed E-state index contributed by atoms with van der Waals surface area (Å²) in [5, 5.41) is 7.46. The van der Waals surface area contributed by atoms with Crippen LogP contribution in [-0.4, -0.2) is 28.9 Å². The van der Waals surface area contributed by atoms with Crippen molar-refractivity contribution in [3.05, 3.63) is 71.3 Å². The molecule has 6 nitrogen and oxygen atoms in total. The monoisotopic (exact) mass is 423 g/mol. The van der Waals surface area contributed by atoms with Gasteiger partial charge in [0.25, 0.3) is 5.91 Å². The summed E-state index contributed by atoms with van der Waals surface area (Å²) in [4.78, 5) is 13.1. The molecule has 2 heterocycles. The maximum atomic E-state index is 13.3. The zero-order valence-electron chi connectivity index (χ0n) is 17.9. The van der Waals surface area contributed by atoms with Gasteiger partial charge >= 0.3 is 0 Å². The highest BCUT2D eigenvalue weighted by Crippen LogP contribution is 2.32. The number of halogens is 1. The minimum absolute atomic E-state index is 0.0432. The Morgan fingerprint density at radius 2 is 1.77 bits per heavy atom. The summed E-state index contributed by atoms with van der Waals surface area (Å²) in [5.41, 5.74) is 2.91. The van der Waals surface area contributed by atoms with Crippen LogP contribution in [0.3, 0.4) is 0 Å². The van der Waals surface area contributed by atoms with E-state index >= 15 is 0 Å². The van der Waals surface area contributed by atoms with E-state index in [-0.39, 0.29) is 23.7 Å². The predicted octanol–water partition coefficient (Wildman–Crippen LogP) is 4.79. The highest BCUT2D eigenvalue weighted by Gasteiger charge is 2.23. The Kier molecular flexibility index (Phi) is 5.93. The van der Waals surface area contributed by atoms with E-state index in [0.29, 0.717) is 30.2 Å². The van der Waals surface area contributed by atoms with Crippen LogP contribution in [0.2, 0.25) is 0 Å². The van der Waals surface area contributed by atoms with Crippen molar-refractivity contribution in [3.63, 3.8) is 0 Å². The molecule has 0 spiro atoms. The predicted molar refractivity (Wildman–Crippen MR) is 116 cm³/mol. The zero-order chi connectivity index (χ0) is 22.0. The minimum Gasteiger partial charge on any atom is -0.490 e. The van der Waals surface area contributed by atoms with Crippen molar-refractivity contribution in [2.75, 3.05) is 13.2 Å². The summed E-state index contributed by atoms with van der Waals surface area (Å²) in [6, 6.07) is 11.6. The lowest BCUT2D eigenvalue weighted by molar-refractivity contribution is 0.0938. The highest BCUT2D eigenvalue weighted by molar-refractivity contribution is 5.95. The quantitative estimate of drug-likeness (QED) is 0.641. The molecular formula is C24H26FN3O3. The average Bonchev–Trinajstić information content (AvgIpc) is 3.07. The topological polar surface area (TPSA) is 65.4 Å². The lowest BCUT2D eigenvalue weighted by Gasteiger charge is -2.18. The summed E-state index contributed by atoms with van der Waals surface area (Å²) in [6.07, 6.45) is 2.40. The van der Waals surface area contributed by atoms with Gasteiger partial charge in [0.1, 0.15) is 5.82 Å². The Balaban J connectivity index is 1.57. The van der Waals surface area contributed by atoms with Crippen LogP contribution in [0, 0.1) is 5.82 Å². The molecule has 1 aromatic heterocycles. The number of benzene rings is 2. The lowest BCUT2D eigenvalue weighted by atomic mass is 10.0. The van der Waals surface area contributed by atoms with Crippen molar-refractivity contribution in [3.8, 4) is 17.2 Å². The van der Waals surface area contributed by atoms with Gasteiger partial charge in [-0.05, 0) is 54.8 Å². The van der Waals surface area contributed by atoms with Crippen LogP contribution in [0.4, 0.5) is 4.39 Å². The molecule has 0 fully saturated rings. The SMILES string of the molecule is CC(C)c1c(C(=O)NC(C)c2ccc3c(c2)OCCCO3)cnn1-c1ccc(F)cc1. The number of nitrogens with one attached hydrogen (secondary N) is 1. The third-order valence-electron chi connectivity index (χ3n) is 5.29. The Morgan fingerprint density at radius 3 is 2.48 bits per heavy atom. The molecule has 1 amide bonds. The molecule has 1 aliphatic rings. The summed E-state index contributed by atoms with van der Waals surface area (Å²) in [6.45, 7) is 7.17. The smallest absolute Gasteiger partial charge is 0.255 e. The van der Waals surface area contributed by atoms with Crippen molar-refractivity contribution >= 4 is 5.91 Å². The number of aromatic nitrogens is 2. The largest absolute Gasteiger partial charge is 0.490 e. The van der Waals surface area contributed by atoms with Gasteiger partial charge in [-0.2, -0.15) is 5.10 Å². The second kappa shape index (κ2) is 8.79. The Morgan fingerprint density at radius 1 is 1.06 bits per heavy atom. The van der Waals surface area contributed by atoms with Crippen molar-refractivity contribution < 1.29 is 18.7 Å². The van der Waals surface area contributed by atoms with Crippen molar-refractivity contribution in [2.45, 2.75) is 39.2 Å². The third kappa shape index (κ3) is 4.40. The molecule has 2 aromatic carbocycles. The van der Waals surface area contributed by atoms with Gasteiger partial charge in [0.05, 0.1) is 42.4 Å². The standard InChI is InChI=1S/C24H26FN3O3/c1-15(2)23-20(14-26-28(23)19-8-6-18(25)7-9-19)24(29)27-16(3)17-5-10-21-22(13-17)31-12-4-11-30-21/h5-10,13-16H,4,11-12H2,1-3H3,(H,27,29). The molecule has 0 saturated heterocycles. The van der Waals surface area contributed by atoms with Gasteiger partial charge < -0.3 is 14.8 Å². The number of amides is 1. The van der Waals surface area contributed by atoms with E-state index in [2.05, 4.69) is 10.4 Å². The van der Waals surface area contributed by atoms with Gasteiger partial charge in [0.15, 0.2) is 11.5 Å². The molecule has 7 heteroatoms. The van der Waals surface area contributed by atoms with Gasteiger partial charge in [-0.1, -0.05) is 19.9 Å². The van der Waals surface area contributed by atoms with Crippen LogP contribution < -0.4 is 14.8 Å². The lowest BCUT2D eigenvalue weighted by Crippen LogP contribution is -2.27. The molecule has 31 heavy (non-hydrogen) atoms. The fourth-order valence-corrected chi connectivity index (χ4v) is 3.68. The van der Waals surface area contributed by atoms with Crippen molar-refractivity contribution in [2.24, 2.45) is 0 Å². The molecule has 0 radical (unpaired) electrons. The molecule has 1 atom stereocenters. The first-order chi connectivity index (χ1) is 14.9. The fourth-order valence-electron chi connectivity index (χ4n) is 3.68. The highest BCUT2D eigenvalue weighted by atomic mass is 19.1. The first-order valence-electron chi connectivity index (χ1n) is 10.5. The number of nitrogens with zero attached hydrogens (tertiary/aromatic N) is 2. The van der Waals surface area contributed by atoms with Gasteiger partial charge in [-0.25, -0.2) is 9.07 Å². The number of hydrogen-bond donors (Lipinski definition) is 1. The summed E-state index contributed by atoms with van der Waals surface area (Å²) < 4.78 is 26.5. The molecule has 3 aromatic rings. The summed E-state index contributed by atoms with van der Waals surface area (Å²) in [5.74, 6) is 0.938. The maximum Gasteiger partial charge on any atom is 0.255 e. The second-order valence-corrected chi connectivity index (χ2v) is 7.94. The Hall–Kier alpha value is -3.35. The van der Waals surface area contributed by atoms with Crippen LogP contribution in [-0.2, 0) is 0 Å². The minimum atomic E-state index is -0.316. The van der Waals surface area contributed by atoms with Crippen LogP contribution in [0.1, 0.15) is 60.8 Å². The van der Waals surface area contributed by atoms with Gasteiger partial charge in [-0.3, -0.25) is 4.79 Å². The number of rotatable bonds is 5. The van der Waals surface area contributed by atoms with Crippen LogP contribution in [0.15, 0.2) is 48.7 Å². The van der Waals surface area contributed by atoms with E-state index in [0.717, 1.165) is 23.4 Å². The Bertz CT molecular complexity index is 1080. The van der Waals surface area contributed by atoms with Crippen LogP contribution in [0.5, 0.6) is 11.5 Å². The first kappa shape index (κ1) is 20.9. The van der Waals surface area contributed by atoms with E-state index in [4.69, 9.17) is 9.47 Å². The van der Waals surface area contributed by atoms with Gasteiger partial charge in [0.2, 0.25) is 0 Å². The van der Waals surface area contributed by atoms with E-state index < -0.39 is 0 Å². The number of ether oxygens (including phenoxy) is 2. The number of fused-ring (bicyclic) bond motifs is 1. The Labute approximate surface area is 181 Å². The molecule has 162 valence electrons. The average molecular weight is 423 g/mol. The summed E-state index contributed by atoms with van der Waals surface area (Å²) >= 11 is 0. The molecule has 0 saturated carbocycles. The number of carbonyl (C=O) groups is 1. The summed E-state index contributed by atoms with van der Waals surface area (Å²) in [7, 11) is 0. The number of hydrogen-bond acceptors (Lipinski definition) is 4. The van der Waals surface area contributed by atoms with Crippen LogP contribution in [0.25, 0.3) is 5.69 Å². The van der Waals surface area contributed by atoms with E-state index in [9.17, 15) is 9.18 Å². The van der Waals surface area contributed by atoms with E-state index in [1.807, 2.05) is 39.0 Å². The van der Waals surface area contributed by atoms with Crippen molar-refractivity contribution in [1.82, 2.24) is 15.1 Å². The van der Waals surface area contributed by atoms with E-state index in [1.165, 1.54) is 12.1 Å². The normalized spacial score (nSPS) is 14.2. The zero-order valence-corrected chi connectivity index (χ0v) is 17.9. The molecule has 1 N–H and O–H groups in total. The number of carbonyl (C=O) groups excluding carboxylic acids is 1.